The van der Waals surface area contributed by atoms with Crippen LogP contribution < -0.4 is 0 Å². The Labute approximate surface area is 93.2 Å². The lowest BCUT2D eigenvalue weighted by molar-refractivity contribution is 0.433. The van der Waals surface area contributed by atoms with Crippen molar-refractivity contribution in [2.45, 2.75) is 37.0 Å². The van der Waals surface area contributed by atoms with Gasteiger partial charge in [0.05, 0.1) is 0 Å². The molecule has 0 aliphatic heterocycles. The Balaban J connectivity index is 2.21. The predicted molar refractivity (Wildman–Crippen MR) is 57.2 cm³/mol. The maximum absolute atomic E-state index is 13.5. The van der Waals surface area contributed by atoms with E-state index in [9.17, 15) is 8.78 Å². The van der Waals surface area contributed by atoms with Crippen LogP contribution in [-0.4, -0.2) is 5.38 Å². The maximum atomic E-state index is 13.5. The smallest absolute Gasteiger partial charge is 0.129 e. The first kappa shape index (κ1) is 10.9. The summed E-state index contributed by atoms with van der Waals surface area (Å²) in [5.41, 5.74) is 0.613. The zero-order valence-corrected chi connectivity index (χ0v) is 9.11. The largest absolute Gasteiger partial charge is 0.207 e. The molecule has 0 spiro atoms. The molecule has 1 aromatic rings. The first-order chi connectivity index (χ1) is 7.16. The van der Waals surface area contributed by atoms with Gasteiger partial charge in [0.15, 0.2) is 0 Å². The number of rotatable bonds is 1. The zero-order valence-electron chi connectivity index (χ0n) is 8.35. The summed E-state index contributed by atoms with van der Waals surface area (Å²) in [4.78, 5) is 0. The molecule has 2 rings (SSSR count). The molecule has 3 heteroatoms. The van der Waals surface area contributed by atoms with Gasteiger partial charge in [-0.05, 0) is 36.8 Å². The molecule has 2 atom stereocenters. The highest BCUT2D eigenvalue weighted by molar-refractivity contribution is 6.20. The van der Waals surface area contributed by atoms with Gasteiger partial charge in [0.2, 0.25) is 0 Å². The maximum Gasteiger partial charge on any atom is 0.129 e. The molecule has 0 radical (unpaired) electrons. The van der Waals surface area contributed by atoms with Crippen molar-refractivity contribution in [1.29, 1.82) is 0 Å². The molecule has 2 unspecified atom stereocenters. The lowest BCUT2D eigenvalue weighted by Crippen LogP contribution is -2.15. The van der Waals surface area contributed by atoms with Crippen LogP contribution in [-0.2, 0) is 0 Å². The van der Waals surface area contributed by atoms with Gasteiger partial charge in [0, 0.05) is 11.4 Å². The van der Waals surface area contributed by atoms with Crippen molar-refractivity contribution in [3.63, 3.8) is 0 Å². The molecule has 1 aliphatic carbocycles. The van der Waals surface area contributed by atoms with Crippen LogP contribution >= 0.6 is 11.6 Å². The summed E-state index contributed by atoms with van der Waals surface area (Å²) in [6.07, 6.45) is 3.77. The normalized spacial score (nSPS) is 26.6. The number of benzene rings is 1. The Morgan fingerprint density at radius 1 is 1.20 bits per heavy atom. The van der Waals surface area contributed by atoms with Crippen LogP contribution in [0, 0.1) is 11.6 Å². The van der Waals surface area contributed by atoms with E-state index in [2.05, 4.69) is 0 Å². The predicted octanol–water partition coefficient (Wildman–Crippen LogP) is 4.23. The molecule has 1 aromatic carbocycles. The van der Waals surface area contributed by atoms with Crippen LogP contribution in [0.3, 0.4) is 0 Å². The van der Waals surface area contributed by atoms with Gasteiger partial charge in [0.25, 0.3) is 0 Å². The van der Waals surface area contributed by atoms with Crippen LogP contribution in [0.5, 0.6) is 0 Å². The van der Waals surface area contributed by atoms with E-state index in [0.29, 0.717) is 5.56 Å². The van der Waals surface area contributed by atoms with Crippen molar-refractivity contribution >= 4 is 11.6 Å². The van der Waals surface area contributed by atoms with Crippen molar-refractivity contribution in [2.24, 2.45) is 0 Å². The van der Waals surface area contributed by atoms with E-state index in [0.717, 1.165) is 31.7 Å². The van der Waals surface area contributed by atoms with Crippen LogP contribution in [0.2, 0.25) is 0 Å². The second-order valence-electron chi connectivity index (χ2n) is 4.13. The van der Waals surface area contributed by atoms with Gasteiger partial charge < -0.3 is 0 Å². The van der Waals surface area contributed by atoms with Gasteiger partial charge in [-0.2, -0.15) is 0 Å². The molecule has 1 fully saturated rings. The van der Waals surface area contributed by atoms with Crippen LogP contribution in [0.4, 0.5) is 8.78 Å². The van der Waals surface area contributed by atoms with Crippen molar-refractivity contribution < 1.29 is 8.78 Å². The van der Waals surface area contributed by atoms with Crippen molar-refractivity contribution in [3.05, 3.63) is 35.4 Å². The Kier molecular flexibility index (Phi) is 3.25. The van der Waals surface area contributed by atoms with Gasteiger partial charge in [-0.15, -0.1) is 11.6 Å². The highest BCUT2D eigenvalue weighted by Gasteiger charge is 2.23. The monoisotopic (exact) mass is 230 g/mol. The average molecular weight is 231 g/mol. The van der Waals surface area contributed by atoms with Crippen molar-refractivity contribution in [1.82, 2.24) is 0 Å². The van der Waals surface area contributed by atoms with Gasteiger partial charge in [-0.1, -0.05) is 12.5 Å². The molecule has 0 N–H and O–H groups in total. The fourth-order valence-corrected chi connectivity index (χ4v) is 2.61. The van der Waals surface area contributed by atoms with Gasteiger partial charge >= 0.3 is 0 Å². The number of hydrogen-bond acceptors (Lipinski definition) is 0. The third-order valence-corrected chi connectivity index (χ3v) is 3.41. The first-order valence-corrected chi connectivity index (χ1v) is 5.69. The Hall–Kier alpha value is -0.630. The lowest BCUT2D eigenvalue weighted by Gasteiger charge is -2.25. The minimum Gasteiger partial charge on any atom is -0.207 e. The fraction of sp³-hybridized carbons (Fsp3) is 0.500. The molecule has 0 saturated heterocycles. The van der Waals surface area contributed by atoms with E-state index in [4.69, 9.17) is 11.6 Å². The Morgan fingerprint density at radius 3 is 2.67 bits per heavy atom. The molecule has 0 heterocycles. The Morgan fingerprint density at radius 2 is 2.00 bits per heavy atom. The van der Waals surface area contributed by atoms with Gasteiger partial charge in [-0.3, -0.25) is 0 Å². The average Bonchev–Trinajstić information content (AvgIpc) is 2.17. The highest BCUT2D eigenvalue weighted by Crippen LogP contribution is 2.36. The van der Waals surface area contributed by atoms with E-state index in [1.54, 1.807) is 6.07 Å². The van der Waals surface area contributed by atoms with Crippen LogP contribution in [0.1, 0.15) is 37.2 Å². The molecule has 82 valence electrons. The summed E-state index contributed by atoms with van der Waals surface area (Å²) in [6, 6.07) is 3.81. The van der Waals surface area contributed by atoms with E-state index in [1.807, 2.05) is 0 Å². The summed E-state index contributed by atoms with van der Waals surface area (Å²) in [5.74, 6) is -0.804. The second kappa shape index (κ2) is 4.48. The molecule has 15 heavy (non-hydrogen) atoms. The van der Waals surface area contributed by atoms with Crippen LogP contribution in [0.25, 0.3) is 0 Å². The summed E-state index contributed by atoms with van der Waals surface area (Å²) >= 11 is 6.05. The van der Waals surface area contributed by atoms with E-state index in [-0.39, 0.29) is 11.3 Å². The molecule has 0 aromatic heterocycles. The van der Waals surface area contributed by atoms with E-state index < -0.39 is 11.6 Å². The molecular formula is C12H13ClF2. The second-order valence-corrected chi connectivity index (χ2v) is 4.74. The molecule has 1 saturated carbocycles. The quantitative estimate of drug-likeness (QED) is 0.634. The zero-order chi connectivity index (χ0) is 10.8. The van der Waals surface area contributed by atoms with Crippen LogP contribution in [0.15, 0.2) is 18.2 Å². The lowest BCUT2D eigenvalue weighted by atomic mass is 9.83. The fourth-order valence-electron chi connectivity index (χ4n) is 2.25. The molecule has 0 amide bonds. The number of halogens is 3. The van der Waals surface area contributed by atoms with Crippen molar-refractivity contribution in [3.8, 4) is 0 Å². The topological polar surface area (TPSA) is 0 Å². The summed E-state index contributed by atoms with van der Waals surface area (Å²) in [7, 11) is 0. The molecule has 1 aliphatic rings. The summed E-state index contributed by atoms with van der Waals surface area (Å²) in [5, 5.41) is 0.133. The number of alkyl halides is 1. The summed E-state index contributed by atoms with van der Waals surface area (Å²) in [6.45, 7) is 0. The first-order valence-electron chi connectivity index (χ1n) is 5.26. The van der Waals surface area contributed by atoms with Gasteiger partial charge in [0.1, 0.15) is 11.6 Å². The molecule has 0 nitrogen and oxygen atoms in total. The van der Waals surface area contributed by atoms with Gasteiger partial charge in [-0.25, -0.2) is 8.78 Å². The third-order valence-electron chi connectivity index (χ3n) is 3.01. The SMILES string of the molecule is Fc1ccc(C2CCCC(Cl)C2)c(F)c1. The highest BCUT2D eigenvalue weighted by atomic mass is 35.5. The van der Waals surface area contributed by atoms with Crippen molar-refractivity contribution in [2.75, 3.05) is 0 Å². The molecular weight excluding hydrogens is 218 g/mol. The van der Waals surface area contributed by atoms with E-state index >= 15 is 0 Å². The standard InChI is InChI=1S/C12H13ClF2/c13-9-3-1-2-8(6-9)11-5-4-10(14)7-12(11)15/h4-5,7-9H,1-3,6H2. The molecule has 0 bridgehead atoms. The van der Waals surface area contributed by atoms with E-state index in [1.165, 1.54) is 6.07 Å². The third kappa shape index (κ3) is 2.49. The minimum absolute atomic E-state index is 0.133. The minimum atomic E-state index is -0.519. The summed E-state index contributed by atoms with van der Waals surface area (Å²) < 4.78 is 26.2. The number of hydrogen-bond donors (Lipinski definition) is 0. The Bertz CT molecular complexity index is 351.